The molecule has 0 heterocycles. The van der Waals surface area contributed by atoms with Gasteiger partial charge in [-0.3, -0.25) is 0 Å². The molecule has 0 aliphatic carbocycles. The van der Waals surface area contributed by atoms with E-state index in [9.17, 15) is 0 Å². The molecular formula is C21H22. The van der Waals surface area contributed by atoms with Crippen molar-refractivity contribution in [2.75, 3.05) is 0 Å². The minimum atomic E-state index is 0.893. The maximum absolute atomic E-state index is 3.84. The predicted molar refractivity (Wildman–Crippen MR) is 93.6 cm³/mol. The summed E-state index contributed by atoms with van der Waals surface area (Å²) in [5, 5.41) is 0. The summed E-state index contributed by atoms with van der Waals surface area (Å²) in [4.78, 5) is 0. The van der Waals surface area contributed by atoms with E-state index in [2.05, 4.69) is 62.2 Å². The second kappa shape index (κ2) is 7.44. The third-order valence-corrected chi connectivity index (χ3v) is 3.45. The van der Waals surface area contributed by atoms with Crippen molar-refractivity contribution in [2.24, 2.45) is 0 Å². The SMILES string of the molecule is C=CCc1cccc(-c2cc(CC=C)cc(CC=C)c2)c1. The summed E-state index contributed by atoms with van der Waals surface area (Å²) in [5.41, 5.74) is 6.41. The van der Waals surface area contributed by atoms with Crippen LogP contribution in [0.15, 0.2) is 80.4 Å². The highest BCUT2D eigenvalue weighted by Gasteiger charge is 2.03. The molecule has 0 saturated heterocycles. The van der Waals surface area contributed by atoms with E-state index in [0.717, 1.165) is 19.3 Å². The Kier molecular flexibility index (Phi) is 5.34. The Morgan fingerprint density at radius 2 is 1.14 bits per heavy atom. The Bertz CT molecular complexity index is 619. The second-order valence-corrected chi connectivity index (χ2v) is 5.22. The van der Waals surface area contributed by atoms with Crippen molar-refractivity contribution in [3.63, 3.8) is 0 Å². The lowest BCUT2D eigenvalue weighted by Crippen LogP contribution is -1.90. The molecule has 106 valence electrons. The summed E-state index contributed by atoms with van der Waals surface area (Å²) in [7, 11) is 0. The van der Waals surface area contributed by atoms with Crippen molar-refractivity contribution in [3.8, 4) is 11.1 Å². The Morgan fingerprint density at radius 1 is 0.619 bits per heavy atom. The summed E-state index contributed by atoms with van der Waals surface area (Å²) in [6.45, 7) is 11.5. The maximum Gasteiger partial charge on any atom is -0.00998 e. The lowest BCUT2D eigenvalue weighted by molar-refractivity contribution is 1.21. The van der Waals surface area contributed by atoms with Gasteiger partial charge in [-0.1, -0.05) is 60.7 Å². The Hall–Kier alpha value is -2.34. The summed E-state index contributed by atoms with van der Waals surface area (Å²) >= 11 is 0. The van der Waals surface area contributed by atoms with E-state index in [-0.39, 0.29) is 0 Å². The van der Waals surface area contributed by atoms with Crippen LogP contribution in [0.2, 0.25) is 0 Å². The predicted octanol–water partition coefficient (Wildman–Crippen LogP) is 5.54. The zero-order valence-electron chi connectivity index (χ0n) is 12.5. The van der Waals surface area contributed by atoms with Crippen molar-refractivity contribution in [2.45, 2.75) is 19.3 Å². The van der Waals surface area contributed by atoms with Crippen molar-refractivity contribution in [3.05, 3.63) is 97.1 Å². The first-order chi connectivity index (χ1) is 10.3. The molecule has 2 rings (SSSR count). The Balaban J connectivity index is 2.45. The molecule has 0 spiro atoms. The van der Waals surface area contributed by atoms with Gasteiger partial charge in [-0.15, -0.1) is 19.7 Å². The number of rotatable bonds is 7. The van der Waals surface area contributed by atoms with E-state index >= 15 is 0 Å². The van der Waals surface area contributed by atoms with Gasteiger partial charge in [0.05, 0.1) is 0 Å². The number of allylic oxidation sites excluding steroid dienone is 3. The molecule has 0 N–H and O–H groups in total. The van der Waals surface area contributed by atoms with Gasteiger partial charge in [-0.05, 0) is 47.1 Å². The molecule has 2 aromatic rings. The van der Waals surface area contributed by atoms with Crippen LogP contribution in [-0.2, 0) is 19.3 Å². The molecule has 0 atom stereocenters. The standard InChI is InChI=1S/C21H22/c1-4-8-17-11-7-12-20(14-17)21-15-18(9-5-2)13-19(16-21)10-6-3/h4-7,11-16H,1-3,8-10H2. The quantitative estimate of drug-likeness (QED) is 0.582. The summed E-state index contributed by atoms with van der Waals surface area (Å²) < 4.78 is 0. The van der Waals surface area contributed by atoms with Gasteiger partial charge in [-0.25, -0.2) is 0 Å². The van der Waals surface area contributed by atoms with Crippen molar-refractivity contribution in [1.82, 2.24) is 0 Å². The number of hydrogen-bond acceptors (Lipinski definition) is 0. The van der Waals surface area contributed by atoms with E-state index in [0.29, 0.717) is 0 Å². The largest absolute Gasteiger partial charge is 0.103 e. The monoisotopic (exact) mass is 274 g/mol. The zero-order chi connectivity index (χ0) is 15.1. The fraction of sp³-hybridized carbons (Fsp3) is 0.143. The summed E-state index contributed by atoms with van der Waals surface area (Å²) in [5.74, 6) is 0. The van der Waals surface area contributed by atoms with E-state index in [1.165, 1.54) is 27.8 Å². The van der Waals surface area contributed by atoms with E-state index < -0.39 is 0 Å². The molecule has 0 bridgehead atoms. The van der Waals surface area contributed by atoms with Gasteiger partial charge < -0.3 is 0 Å². The van der Waals surface area contributed by atoms with E-state index in [1.54, 1.807) is 0 Å². The van der Waals surface area contributed by atoms with Crippen LogP contribution in [0.4, 0.5) is 0 Å². The highest BCUT2D eigenvalue weighted by Crippen LogP contribution is 2.24. The minimum absolute atomic E-state index is 0.893. The average molecular weight is 274 g/mol. The summed E-state index contributed by atoms with van der Waals surface area (Å²) in [6.07, 6.45) is 8.53. The van der Waals surface area contributed by atoms with Crippen LogP contribution >= 0.6 is 0 Å². The first kappa shape index (κ1) is 15.1. The highest BCUT2D eigenvalue weighted by atomic mass is 14.1. The van der Waals surface area contributed by atoms with Gasteiger partial charge >= 0.3 is 0 Å². The van der Waals surface area contributed by atoms with Crippen LogP contribution in [0.1, 0.15) is 16.7 Å². The molecule has 0 fully saturated rings. The van der Waals surface area contributed by atoms with Crippen LogP contribution in [0.25, 0.3) is 11.1 Å². The molecule has 0 aromatic heterocycles. The molecule has 21 heavy (non-hydrogen) atoms. The lowest BCUT2D eigenvalue weighted by atomic mass is 9.96. The smallest absolute Gasteiger partial charge is 0.00998 e. The third kappa shape index (κ3) is 4.06. The van der Waals surface area contributed by atoms with Crippen molar-refractivity contribution in [1.29, 1.82) is 0 Å². The molecule has 0 aliphatic heterocycles. The molecule has 0 saturated carbocycles. The Morgan fingerprint density at radius 3 is 1.71 bits per heavy atom. The minimum Gasteiger partial charge on any atom is -0.103 e. The molecule has 0 aliphatic rings. The molecule has 0 amide bonds. The maximum atomic E-state index is 3.84. The number of benzene rings is 2. The topological polar surface area (TPSA) is 0 Å². The van der Waals surface area contributed by atoms with Crippen LogP contribution in [0.3, 0.4) is 0 Å². The van der Waals surface area contributed by atoms with E-state index in [1.807, 2.05) is 18.2 Å². The molecule has 2 aromatic carbocycles. The van der Waals surface area contributed by atoms with Crippen molar-refractivity contribution >= 4 is 0 Å². The van der Waals surface area contributed by atoms with Gasteiger partial charge in [0, 0.05) is 0 Å². The van der Waals surface area contributed by atoms with Gasteiger partial charge in [0.15, 0.2) is 0 Å². The zero-order valence-corrected chi connectivity index (χ0v) is 12.5. The molecule has 0 heteroatoms. The number of hydrogen-bond donors (Lipinski definition) is 0. The molecule has 0 radical (unpaired) electrons. The summed E-state index contributed by atoms with van der Waals surface area (Å²) in [6, 6.07) is 15.4. The average Bonchev–Trinajstić information content (AvgIpc) is 2.48. The van der Waals surface area contributed by atoms with Gasteiger partial charge in [0.25, 0.3) is 0 Å². The van der Waals surface area contributed by atoms with Gasteiger partial charge in [0.2, 0.25) is 0 Å². The van der Waals surface area contributed by atoms with Crippen molar-refractivity contribution < 1.29 is 0 Å². The first-order valence-corrected chi connectivity index (χ1v) is 7.31. The van der Waals surface area contributed by atoms with Crippen LogP contribution < -0.4 is 0 Å². The molecular weight excluding hydrogens is 252 g/mol. The van der Waals surface area contributed by atoms with Crippen LogP contribution in [-0.4, -0.2) is 0 Å². The fourth-order valence-corrected chi connectivity index (χ4v) is 2.54. The van der Waals surface area contributed by atoms with E-state index in [4.69, 9.17) is 0 Å². The van der Waals surface area contributed by atoms with Crippen LogP contribution in [0.5, 0.6) is 0 Å². The van der Waals surface area contributed by atoms with Crippen LogP contribution in [0, 0.1) is 0 Å². The highest BCUT2D eigenvalue weighted by molar-refractivity contribution is 5.66. The Labute approximate surface area is 128 Å². The lowest BCUT2D eigenvalue weighted by Gasteiger charge is -2.09. The second-order valence-electron chi connectivity index (χ2n) is 5.22. The third-order valence-electron chi connectivity index (χ3n) is 3.45. The first-order valence-electron chi connectivity index (χ1n) is 7.31. The normalized spacial score (nSPS) is 10.1. The fourth-order valence-electron chi connectivity index (χ4n) is 2.54. The molecule has 0 unspecified atom stereocenters. The molecule has 0 nitrogen and oxygen atoms in total. The van der Waals surface area contributed by atoms with Gasteiger partial charge in [0.1, 0.15) is 0 Å². The van der Waals surface area contributed by atoms with Gasteiger partial charge in [-0.2, -0.15) is 0 Å².